The Balaban J connectivity index is 1.97. The van der Waals surface area contributed by atoms with Crippen molar-refractivity contribution in [2.24, 2.45) is 5.92 Å². The summed E-state index contributed by atoms with van der Waals surface area (Å²) < 4.78 is 0. The summed E-state index contributed by atoms with van der Waals surface area (Å²) in [5.41, 5.74) is 1.45. The molecule has 1 amide bonds. The number of aliphatic hydroxyl groups excluding tert-OH is 1. The molecule has 1 saturated carbocycles. The predicted molar refractivity (Wildman–Crippen MR) is 77.5 cm³/mol. The zero-order valence-electron chi connectivity index (χ0n) is 12.2. The van der Waals surface area contributed by atoms with E-state index in [9.17, 15) is 9.90 Å². The summed E-state index contributed by atoms with van der Waals surface area (Å²) in [6.07, 6.45) is 7.31. The average molecular weight is 279 g/mol. The van der Waals surface area contributed by atoms with E-state index in [0.29, 0.717) is 5.69 Å². The van der Waals surface area contributed by atoms with Crippen LogP contribution >= 0.6 is 0 Å². The van der Waals surface area contributed by atoms with E-state index in [2.05, 4.69) is 22.4 Å². The van der Waals surface area contributed by atoms with Gasteiger partial charge < -0.3 is 10.4 Å². The summed E-state index contributed by atoms with van der Waals surface area (Å²) in [5.74, 6) is 0.0458. The van der Waals surface area contributed by atoms with Crippen LogP contribution in [0.3, 0.4) is 0 Å². The molecule has 0 aliphatic heterocycles. The fourth-order valence-electron chi connectivity index (χ4n) is 2.91. The molecule has 1 aliphatic rings. The Morgan fingerprint density at radius 2 is 2.25 bits per heavy atom. The topological polar surface area (TPSA) is 78.0 Å². The molecule has 20 heavy (non-hydrogen) atoms. The third-order valence-electron chi connectivity index (χ3n) is 4.09. The number of nitrogens with one attached hydrogen (secondary N) is 2. The van der Waals surface area contributed by atoms with Crippen molar-refractivity contribution in [1.29, 1.82) is 0 Å². The number of amides is 1. The summed E-state index contributed by atoms with van der Waals surface area (Å²) >= 11 is 0. The number of rotatable bonds is 5. The summed E-state index contributed by atoms with van der Waals surface area (Å²) in [5, 5.41) is 19.5. The quantitative estimate of drug-likeness (QED) is 0.722. The number of hydrogen-bond acceptors (Lipinski definition) is 3. The van der Waals surface area contributed by atoms with E-state index < -0.39 is 0 Å². The van der Waals surface area contributed by atoms with Gasteiger partial charge in [-0.15, -0.1) is 0 Å². The number of carbonyl (C=O) groups excluding carboxylic acids is 1. The van der Waals surface area contributed by atoms with Gasteiger partial charge in [0.1, 0.15) is 5.69 Å². The van der Waals surface area contributed by atoms with Gasteiger partial charge in [0.25, 0.3) is 5.91 Å². The lowest BCUT2D eigenvalue weighted by atomic mass is 9.95. The second-order valence-corrected chi connectivity index (χ2v) is 5.69. The van der Waals surface area contributed by atoms with Crippen LogP contribution in [0, 0.1) is 5.92 Å². The summed E-state index contributed by atoms with van der Waals surface area (Å²) in [6.45, 7) is 2.24. The van der Waals surface area contributed by atoms with E-state index >= 15 is 0 Å². The zero-order valence-corrected chi connectivity index (χ0v) is 12.2. The third-order valence-corrected chi connectivity index (χ3v) is 4.09. The third kappa shape index (κ3) is 3.82. The van der Waals surface area contributed by atoms with E-state index in [1.54, 1.807) is 0 Å². The highest BCUT2D eigenvalue weighted by Gasteiger charge is 2.25. The SMILES string of the molecule is CCCc1cc(C(=O)NC2CCCCCC2CO)n[nH]1. The van der Waals surface area contributed by atoms with E-state index in [1.165, 1.54) is 6.42 Å². The van der Waals surface area contributed by atoms with Crippen molar-refractivity contribution in [2.45, 2.75) is 57.9 Å². The fraction of sp³-hybridized carbons (Fsp3) is 0.733. The lowest BCUT2D eigenvalue weighted by Crippen LogP contribution is -2.41. The maximum absolute atomic E-state index is 12.2. The van der Waals surface area contributed by atoms with Gasteiger partial charge >= 0.3 is 0 Å². The van der Waals surface area contributed by atoms with Crippen molar-refractivity contribution in [3.63, 3.8) is 0 Å². The van der Waals surface area contributed by atoms with Gasteiger partial charge in [0, 0.05) is 24.3 Å². The molecule has 3 N–H and O–H groups in total. The monoisotopic (exact) mass is 279 g/mol. The van der Waals surface area contributed by atoms with Crippen LogP contribution in [0.25, 0.3) is 0 Å². The first-order valence-electron chi connectivity index (χ1n) is 7.70. The van der Waals surface area contributed by atoms with E-state index in [1.807, 2.05) is 6.07 Å². The van der Waals surface area contributed by atoms with Gasteiger partial charge in [-0.1, -0.05) is 32.6 Å². The molecule has 0 saturated heterocycles. The molecular formula is C15H25N3O2. The first-order valence-corrected chi connectivity index (χ1v) is 7.70. The standard InChI is InChI=1S/C15H25N3O2/c1-2-6-12-9-14(18-17-12)15(20)16-13-8-5-3-4-7-11(13)10-19/h9,11,13,19H,2-8,10H2,1H3,(H,16,20)(H,17,18). The van der Waals surface area contributed by atoms with Crippen LogP contribution in [-0.2, 0) is 6.42 Å². The van der Waals surface area contributed by atoms with Crippen molar-refractivity contribution in [1.82, 2.24) is 15.5 Å². The minimum Gasteiger partial charge on any atom is -0.396 e. The molecule has 1 aromatic rings. The van der Waals surface area contributed by atoms with Crippen LogP contribution in [0.4, 0.5) is 0 Å². The Bertz CT molecular complexity index is 431. The van der Waals surface area contributed by atoms with Crippen molar-refractivity contribution in [3.05, 3.63) is 17.5 Å². The maximum atomic E-state index is 12.2. The number of aliphatic hydroxyl groups is 1. The molecule has 1 aliphatic carbocycles. The Morgan fingerprint density at radius 3 is 3.00 bits per heavy atom. The Kier molecular flexibility index (Phi) is 5.59. The van der Waals surface area contributed by atoms with Crippen LogP contribution < -0.4 is 5.32 Å². The molecule has 5 heteroatoms. The van der Waals surface area contributed by atoms with Crippen LogP contribution in [0.1, 0.15) is 61.6 Å². The molecule has 112 valence electrons. The van der Waals surface area contributed by atoms with Crippen molar-refractivity contribution in [2.75, 3.05) is 6.61 Å². The van der Waals surface area contributed by atoms with E-state index in [4.69, 9.17) is 0 Å². The maximum Gasteiger partial charge on any atom is 0.272 e. The molecule has 0 aromatic carbocycles. The number of carbonyl (C=O) groups is 1. The normalized spacial score (nSPS) is 23.3. The van der Waals surface area contributed by atoms with Gasteiger partial charge in [-0.05, 0) is 25.3 Å². The summed E-state index contributed by atoms with van der Waals surface area (Å²) in [4.78, 5) is 12.2. The van der Waals surface area contributed by atoms with Gasteiger partial charge in [0.15, 0.2) is 0 Å². The molecule has 1 aromatic heterocycles. The molecule has 2 atom stereocenters. The van der Waals surface area contributed by atoms with Crippen LogP contribution in [0.5, 0.6) is 0 Å². The second-order valence-electron chi connectivity index (χ2n) is 5.69. The predicted octanol–water partition coefficient (Wildman–Crippen LogP) is 2.03. The number of H-pyrrole nitrogens is 1. The molecule has 1 fully saturated rings. The van der Waals surface area contributed by atoms with Crippen LogP contribution in [-0.4, -0.2) is 33.9 Å². The molecule has 5 nitrogen and oxygen atoms in total. The first kappa shape index (κ1) is 15.0. The largest absolute Gasteiger partial charge is 0.396 e. The highest BCUT2D eigenvalue weighted by molar-refractivity contribution is 5.92. The Morgan fingerprint density at radius 1 is 1.45 bits per heavy atom. The number of aryl methyl sites for hydroxylation is 1. The van der Waals surface area contributed by atoms with Gasteiger partial charge in [-0.25, -0.2) is 0 Å². The number of aromatic amines is 1. The van der Waals surface area contributed by atoms with Crippen molar-refractivity contribution >= 4 is 5.91 Å². The Labute approximate surface area is 120 Å². The molecule has 1 heterocycles. The minimum atomic E-state index is -0.131. The van der Waals surface area contributed by atoms with Gasteiger partial charge in [0.05, 0.1) is 0 Å². The van der Waals surface area contributed by atoms with E-state index in [-0.39, 0.29) is 24.5 Å². The highest BCUT2D eigenvalue weighted by Crippen LogP contribution is 2.23. The van der Waals surface area contributed by atoms with Crippen LogP contribution in [0.15, 0.2) is 6.07 Å². The smallest absolute Gasteiger partial charge is 0.272 e. The van der Waals surface area contributed by atoms with Gasteiger partial charge in [-0.3, -0.25) is 9.89 Å². The van der Waals surface area contributed by atoms with Crippen molar-refractivity contribution in [3.8, 4) is 0 Å². The van der Waals surface area contributed by atoms with Gasteiger partial charge in [0.2, 0.25) is 0 Å². The molecule has 0 bridgehead atoms. The zero-order chi connectivity index (χ0) is 14.4. The fourth-order valence-corrected chi connectivity index (χ4v) is 2.91. The number of nitrogens with zero attached hydrogens (tertiary/aromatic N) is 1. The lowest BCUT2D eigenvalue weighted by molar-refractivity contribution is 0.0894. The minimum absolute atomic E-state index is 0.0707. The molecule has 2 rings (SSSR count). The molecule has 0 spiro atoms. The molecule has 0 radical (unpaired) electrons. The average Bonchev–Trinajstić information content (AvgIpc) is 2.79. The Hall–Kier alpha value is -1.36. The number of aromatic nitrogens is 2. The summed E-state index contributed by atoms with van der Waals surface area (Å²) in [6, 6.07) is 1.89. The highest BCUT2D eigenvalue weighted by atomic mass is 16.3. The van der Waals surface area contributed by atoms with Crippen LogP contribution in [0.2, 0.25) is 0 Å². The lowest BCUT2D eigenvalue weighted by Gasteiger charge is -2.24. The van der Waals surface area contributed by atoms with Gasteiger partial charge in [-0.2, -0.15) is 5.10 Å². The number of hydrogen-bond donors (Lipinski definition) is 3. The molecular weight excluding hydrogens is 254 g/mol. The summed E-state index contributed by atoms with van der Waals surface area (Å²) in [7, 11) is 0. The van der Waals surface area contributed by atoms with E-state index in [0.717, 1.165) is 44.2 Å². The first-order chi connectivity index (χ1) is 9.74. The van der Waals surface area contributed by atoms with Crippen molar-refractivity contribution < 1.29 is 9.90 Å². The molecule has 2 unspecified atom stereocenters. The second kappa shape index (κ2) is 7.43.